The number of hydrogen-bond donors (Lipinski definition) is 1. The Balaban J connectivity index is 1.63. The molecule has 0 spiro atoms. The Labute approximate surface area is 86.8 Å². The maximum Gasteiger partial charge on any atom is 0.0620 e. The van der Waals surface area contributed by atoms with Gasteiger partial charge < -0.3 is 10.1 Å². The summed E-state index contributed by atoms with van der Waals surface area (Å²) in [4.78, 5) is 2.50. The van der Waals surface area contributed by atoms with Gasteiger partial charge in [0.15, 0.2) is 0 Å². The molecule has 3 heteroatoms. The van der Waals surface area contributed by atoms with E-state index in [-0.39, 0.29) is 0 Å². The first-order valence-electron chi connectivity index (χ1n) is 5.80. The topological polar surface area (TPSA) is 24.5 Å². The van der Waals surface area contributed by atoms with Gasteiger partial charge in [0.2, 0.25) is 0 Å². The van der Waals surface area contributed by atoms with Gasteiger partial charge in [0.05, 0.1) is 6.61 Å². The van der Waals surface area contributed by atoms with Crippen molar-refractivity contribution in [1.82, 2.24) is 10.2 Å². The summed E-state index contributed by atoms with van der Waals surface area (Å²) in [6.45, 7) is 5.24. The second-order valence-electron chi connectivity index (χ2n) is 4.71. The molecule has 2 atom stereocenters. The van der Waals surface area contributed by atoms with Gasteiger partial charge in [-0.05, 0) is 33.2 Å². The van der Waals surface area contributed by atoms with Crippen molar-refractivity contribution in [2.75, 3.05) is 26.8 Å². The van der Waals surface area contributed by atoms with Crippen molar-refractivity contribution in [3.05, 3.63) is 0 Å². The SMILES string of the molecule is CC(CNC1CCOC1)N(C)C1CC1. The van der Waals surface area contributed by atoms with E-state index in [0.717, 1.165) is 25.8 Å². The van der Waals surface area contributed by atoms with E-state index in [0.29, 0.717) is 12.1 Å². The first-order valence-corrected chi connectivity index (χ1v) is 5.80. The molecule has 0 aromatic carbocycles. The second-order valence-corrected chi connectivity index (χ2v) is 4.71. The van der Waals surface area contributed by atoms with Crippen LogP contribution in [0.1, 0.15) is 26.2 Å². The van der Waals surface area contributed by atoms with Crippen LogP contribution < -0.4 is 5.32 Å². The molecule has 1 saturated heterocycles. The Morgan fingerprint density at radius 3 is 2.79 bits per heavy atom. The van der Waals surface area contributed by atoms with Gasteiger partial charge in [0.1, 0.15) is 0 Å². The summed E-state index contributed by atoms with van der Waals surface area (Å²) in [5.41, 5.74) is 0. The van der Waals surface area contributed by atoms with Gasteiger partial charge in [-0.25, -0.2) is 0 Å². The number of likely N-dealkylation sites (N-methyl/N-ethyl adjacent to an activating group) is 1. The number of rotatable bonds is 5. The number of nitrogens with one attached hydrogen (secondary N) is 1. The van der Waals surface area contributed by atoms with E-state index < -0.39 is 0 Å². The Morgan fingerprint density at radius 2 is 2.21 bits per heavy atom. The lowest BCUT2D eigenvalue weighted by atomic mass is 10.2. The van der Waals surface area contributed by atoms with Crippen LogP contribution in [-0.4, -0.2) is 49.8 Å². The average molecular weight is 198 g/mol. The minimum atomic E-state index is 0.602. The maximum atomic E-state index is 5.33. The van der Waals surface area contributed by atoms with Gasteiger partial charge in [0.25, 0.3) is 0 Å². The minimum Gasteiger partial charge on any atom is -0.380 e. The van der Waals surface area contributed by atoms with Crippen LogP contribution in [0.25, 0.3) is 0 Å². The number of ether oxygens (including phenoxy) is 1. The van der Waals surface area contributed by atoms with E-state index in [9.17, 15) is 0 Å². The van der Waals surface area contributed by atoms with Crippen molar-refractivity contribution < 1.29 is 4.74 Å². The Kier molecular flexibility index (Phi) is 3.42. The predicted molar refractivity (Wildman–Crippen MR) is 57.5 cm³/mol. The smallest absolute Gasteiger partial charge is 0.0620 e. The van der Waals surface area contributed by atoms with Crippen LogP contribution in [0.15, 0.2) is 0 Å². The van der Waals surface area contributed by atoms with Gasteiger partial charge in [0, 0.05) is 31.3 Å². The highest BCUT2D eigenvalue weighted by Gasteiger charge is 2.29. The molecule has 1 saturated carbocycles. The van der Waals surface area contributed by atoms with Gasteiger partial charge in [-0.2, -0.15) is 0 Å². The molecule has 1 aliphatic carbocycles. The molecule has 0 aromatic heterocycles. The lowest BCUT2D eigenvalue weighted by molar-refractivity contribution is 0.185. The van der Waals surface area contributed by atoms with Crippen molar-refractivity contribution in [3.63, 3.8) is 0 Å². The molecule has 0 amide bonds. The Bertz CT molecular complexity index is 176. The highest BCUT2D eigenvalue weighted by atomic mass is 16.5. The van der Waals surface area contributed by atoms with Crippen molar-refractivity contribution in [3.8, 4) is 0 Å². The molecular formula is C11H22N2O. The summed E-state index contributed by atoms with van der Waals surface area (Å²) in [5.74, 6) is 0. The third kappa shape index (κ3) is 2.69. The van der Waals surface area contributed by atoms with Gasteiger partial charge in [-0.15, -0.1) is 0 Å². The van der Waals surface area contributed by atoms with Gasteiger partial charge >= 0.3 is 0 Å². The summed E-state index contributed by atoms with van der Waals surface area (Å²) >= 11 is 0. The lowest BCUT2D eigenvalue weighted by Crippen LogP contribution is -2.42. The molecule has 2 fully saturated rings. The molecule has 2 rings (SSSR count). The third-order valence-corrected chi connectivity index (χ3v) is 3.45. The quantitative estimate of drug-likeness (QED) is 0.709. The largest absolute Gasteiger partial charge is 0.380 e. The molecule has 0 radical (unpaired) electrons. The highest BCUT2D eigenvalue weighted by molar-refractivity contribution is 4.86. The summed E-state index contributed by atoms with van der Waals surface area (Å²) in [6.07, 6.45) is 3.97. The molecule has 0 aromatic rings. The first kappa shape index (κ1) is 10.4. The molecule has 2 aliphatic rings. The van der Waals surface area contributed by atoms with E-state index in [1.54, 1.807) is 0 Å². The van der Waals surface area contributed by atoms with Crippen molar-refractivity contribution in [2.24, 2.45) is 0 Å². The standard InChI is InChI=1S/C11H22N2O/c1-9(13(2)11-3-4-11)7-12-10-5-6-14-8-10/h9-12H,3-8H2,1-2H3. The number of nitrogens with zero attached hydrogens (tertiary/aromatic N) is 1. The maximum absolute atomic E-state index is 5.33. The average Bonchev–Trinajstić information content (AvgIpc) is 2.91. The van der Waals surface area contributed by atoms with Gasteiger partial charge in [-0.3, -0.25) is 4.90 Å². The molecule has 0 bridgehead atoms. The van der Waals surface area contributed by atoms with E-state index in [1.807, 2.05) is 0 Å². The zero-order chi connectivity index (χ0) is 9.97. The molecule has 3 nitrogen and oxygen atoms in total. The Hall–Kier alpha value is -0.120. The van der Waals surface area contributed by atoms with Crippen molar-refractivity contribution in [1.29, 1.82) is 0 Å². The summed E-state index contributed by atoms with van der Waals surface area (Å²) in [6, 6.07) is 2.12. The fourth-order valence-electron chi connectivity index (χ4n) is 2.02. The van der Waals surface area contributed by atoms with Gasteiger partial charge in [-0.1, -0.05) is 0 Å². The van der Waals surface area contributed by atoms with Crippen LogP contribution in [0, 0.1) is 0 Å². The monoisotopic (exact) mass is 198 g/mol. The van der Waals surface area contributed by atoms with E-state index >= 15 is 0 Å². The summed E-state index contributed by atoms with van der Waals surface area (Å²) < 4.78 is 5.33. The predicted octanol–water partition coefficient (Wildman–Crippen LogP) is 0.848. The molecule has 82 valence electrons. The molecule has 1 aliphatic heterocycles. The first-order chi connectivity index (χ1) is 6.77. The minimum absolute atomic E-state index is 0.602. The molecule has 2 unspecified atom stereocenters. The fraction of sp³-hybridized carbons (Fsp3) is 1.00. The second kappa shape index (κ2) is 4.60. The van der Waals surface area contributed by atoms with Crippen molar-refractivity contribution >= 4 is 0 Å². The number of hydrogen-bond acceptors (Lipinski definition) is 3. The molecule has 1 heterocycles. The molecule has 14 heavy (non-hydrogen) atoms. The van der Waals surface area contributed by atoms with Crippen molar-refractivity contribution in [2.45, 2.75) is 44.3 Å². The zero-order valence-electron chi connectivity index (χ0n) is 9.33. The summed E-state index contributed by atoms with van der Waals surface area (Å²) in [5, 5.41) is 3.58. The van der Waals surface area contributed by atoms with Crippen LogP contribution in [0.5, 0.6) is 0 Å². The molecule has 1 N–H and O–H groups in total. The lowest BCUT2D eigenvalue weighted by Gasteiger charge is -2.25. The molecular weight excluding hydrogens is 176 g/mol. The fourth-order valence-corrected chi connectivity index (χ4v) is 2.02. The van der Waals surface area contributed by atoms with Crippen LogP contribution >= 0.6 is 0 Å². The van der Waals surface area contributed by atoms with E-state index in [2.05, 4.69) is 24.2 Å². The Morgan fingerprint density at radius 1 is 1.43 bits per heavy atom. The third-order valence-electron chi connectivity index (χ3n) is 3.45. The highest BCUT2D eigenvalue weighted by Crippen LogP contribution is 2.26. The normalized spacial score (nSPS) is 29.8. The van der Waals surface area contributed by atoms with Crippen LogP contribution in [0.2, 0.25) is 0 Å². The zero-order valence-corrected chi connectivity index (χ0v) is 9.33. The van der Waals surface area contributed by atoms with Crippen LogP contribution in [0.4, 0.5) is 0 Å². The summed E-state index contributed by atoms with van der Waals surface area (Å²) in [7, 11) is 2.25. The van der Waals surface area contributed by atoms with E-state index in [4.69, 9.17) is 4.74 Å². The van der Waals surface area contributed by atoms with E-state index in [1.165, 1.54) is 19.3 Å². The van der Waals surface area contributed by atoms with Crippen LogP contribution in [-0.2, 0) is 4.74 Å². The van der Waals surface area contributed by atoms with Crippen LogP contribution in [0.3, 0.4) is 0 Å².